The maximum atomic E-state index is 11.4. The van der Waals surface area contributed by atoms with Crippen LogP contribution in [-0.2, 0) is 9.53 Å². The predicted molar refractivity (Wildman–Crippen MR) is 72.8 cm³/mol. The number of hydrogen-bond acceptors (Lipinski definition) is 2. The van der Waals surface area contributed by atoms with Gasteiger partial charge >= 0.3 is 5.97 Å². The molecule has 0 aromatic rings. The molecule has 0 radical (unpaired) electrons. The number of rotatable bonds is 6. The first-order valence-corrected chi connectivity index (χ1v) is 6.27. The van der Waals surface area contributed by atoms with Crippen LogP contribution in [0.3, 0.4) is 0 Å². The molecule has 0 aliphatic rings. The Morgan fingerprint density at radius 2 is 1.82 bits per heavy atom. The third kappa shape index (κ3) is 6.98. The highest BCUT2D eigenvalue weighted by atomic mass is 16.5. The maximum Gasteiger partial charge on any atom is 0.308 e. The second-order valence-electron chi connectivity index (χ2n) is 5.00. The van der Waals surface area contributed by atoms with E-state index in [1.807, 2.05) is 6.92 Å². The molecule has 98 valence electrons. The van der Waals surface area contributed by atoms with Crippen LogP contribution in [0.25, 0.3) is 0 Å². The van der Waals surface area contributed by atoms with Crippen molar-refractivity contribution in [2.45, 2.75) is 47.5 Å². The van der Waals surface area contributed by atoms with Gasteiger partial charge in [-0.15, -0.1) is 0 Å². The predicted octanol–water partition coefficient (Wildman–Crippen LogP) is 4.12. The summed E-state index contributed by atoms with van der Waals surface area (Å²) < 4.78 is 4.75. The van der Waals surface area contributed by atoms with Crippen LogP contribution in [0.4, 0.5) is 0 Å². The van der Waals surface area contributed by atoms with Crippen molar-refractivity contribution >= 4 is 5.97 Å². The van der Waals surface area contributed by atoms with Crippen LogP contribution >= 0.6 is 0 Å². The summed E-state index contributed by atoms with van der Waals surface area (Å²) in [5, 5.41) is 0. The first-order chi connectivity index (χ1) is 7.88. The van der Waals surface area contributed by atoms with Crippen molar-refractivity contribution < 1.29 is 9.53 Å². The molecule has 0 aliphatic heterocycles. The van der Waals surface area contributed by atoms with Gasteiger partial charge in [0, 0.05) is 0 Å². The topological polar surface area (TPSA) is 26.3 Å². The molecule has 0 heterocycles. The van der Waals surface area contributed by atoms with Gasteiger partial charge in [-0.05, 0) is 39.5 Å². The summed E-state index contributed by atoms with van der Waals surface area (Å²) in [6.07, 6.45) is 6.56. The third-order valence-corrected chi connectivity index (χ3v) is 3.00. The van der Waals surface area contributed by atoms with Gasteiger partial charge in [0.1, 0.15) is 0 Å². The zero-order valence-electron chi connectivity index (χ0n) is 12.0. The lowest BCUT2D eigenvalue weighted by Gasteiger charge is -2.15. The summed E-state index contributed by atoms with van der Waals surface area (Å²) in [4.78, 5) is 11.4. The van der Waals surface area contributed by atoms with E-state index in [1.54, 1.807) is 0 Å². The minimum atomic E-state index is -0.133. The van der Waals surface area contributed by atoms with Crippen molar-refractivity contribution in [2.24, 2.45) is 11.8 Å². The normalized spacial score (nSPS) is 15.1. The Morgan fingerprint density at radius 3 is 2.29 bits per heavy atom. The fraction of sp³-hybridized carbons (Fsp3) is 0.667. The number of hydrogen-bond donors (Lipinski definition) is 0. The Kier molecular flexibility index (Phi) is 7.60. The Hall–Kier alpha value is -1.05. The highest BCUT2D eigenvalue weighted by Gasteiger charge is 2.18. The standard InChI is InChI=1S/C15H26O2/c1-11(2)8-7-9-12(3)10-13(4)14(5)15(16)17-6/h8,10,13-14H,7,9H2,1-6H3/b12-10+. The lowest BCUT2D eigenvalue weighted by atomic mass is 9.93. The third-order valence-electron chi connectivity index (χ3n) is 3.00. The average Bonchev–Trinajstić information content (AvgIpc) is 2.26. The van der Waals surface area contributed by atoms with E-state index in [2.05, 4.69) is 39.8 Å². The van der Waals surface area contributed by atoms with E-state index >= 15 is 0 Å². The largest absolute Gasteiger partial charge is 0.469 e. The van der Waals surface area contributed by atoms with Gasteiger partial charge in [-0.2, -0.15) is 0 Å². The van der Waals surface area contributed by atoms with E-state index in [9.17, 15) is 4.79 Å². The lowest BCUT2D eigenvalue weighted by molar-refractivity contribution is -0.145. The number of esters is 1. The fourth-order valence-electron chi connectivity index (χ4n) is 1.67. The quantitative estimate of drug-likeness (QED) is 0.514. The lowest BCUT2D eigenvalue weighted by Crippen LogP contribution is -2.19. The monoisotopic (exact) mass is 238 g/mol. The van der Waals surface area contributed by atoms with Crippen LogP contribution in [0.2, 0.25) is 0 Å². The Morgan fingerprint density at radius 1 is 1.24 bits per heavy atom. The van der Waals surface area contributed by atoms with Crippen molar-refractivity contribution in [3.05, 3.63) is 23.3 Å². The highest BCUT2D eigenvalue weighted by Crippen LogP contribution is 2.18. The van der Waals surface area contributed by atoms with Crippen molar-refractivity contribution in [1.29, 1.82) is 0 Å². The molecular formula is C15H26O2. The Labute approximate surface area is 106 Å². The second kappa shape index (κ2) is 8.10. The van der Waals surface area contributed by atoms with Crippen LogP contribution in [0.1, 0.15) is 47.5 Å². The average molecular weight is 238 g/mol. The molecule has 2 heteroatoms. The molecule has 0 saturated carbocycles. The molecule has 0 spiro atoms. The van der Waals surface area contributed by atoms with Crippen molar-refractivity contribution in [2.75, 3.05) is 7.11 Å². The smallest absolute Gasteiger partial charge is 0.308 e. The first-order valence-electron chi connectivity index (χ1n) is 6.27. The molecule has 0 bridgehead atoms. The van der Waals surface area contributed by atoms with E-state index in [0.29, 0.717) is 0 Å². The molecule has 2 atom stereocenters. The zero-order chi connectivity index (χ0) is 13.4. The van der Waals surface area contributed by atoms with E-state index in [4.69, 9.17) is 4.74 Å². The fourth-order valence-corrected chi connectivity index (χ4v) is 1.67. The summed E-state index contributed by atoms with van der Waals surface area (Å²) in [6, 6.07) is 0. The molecule has 0 aromatic heterocycles. The van der Waals surface area contributed by atoms with Gasteiger partial charge < -0.3 is 4.74 Å². The molecule has 0 amide bonds. The summed E-state index contributed by atoms with van der Waals surface area (Å²) in [7, 11) is 1.44. The Bertz CT molecular complexity index is 296. The SMILES string of the molecule is COC(=O)C(C)C(C)/C=C(\C)CCC=C(C)C. The molecule has 2 unspecified atom stereocenters. The Balaban J connectivity index is 4.27. The maximum absolute atomic E-state index is 11.4. The second-order valence-corrected chi connectivity index (χ2v) is 5.00. The minimum Gasteiger partial charge on any atom is -0.469 e. The van der Waals surface area contributed by atoms with Gasteiger partial charge in [-0.25, -0.2) is 0 Å². The number of carbonyl (C=O) groups is 1. The van der Waals surface area contributed by atoms with E-state index in [0.717, 1.165) is 12.8 Å². The van der Waals surface area contributed by atoms with Gasteiger partial charge in [0.25, 0.3) is 0 Å². The summed E-state index contributed by atoms with van der Waals surface area (Å²) in [6.45, 7) is 10.3. The van der Waals surface area contributed by atoms with Crippen LogP contribution in [0.5, 0.6) is 0 Å². The van der Waals surface area contributed by atoms with Gasteiger partial charge in [-0.3, -0.25) is 4.79 Å². The first kappa shape index (κ1) is 16.0. The molecule has 17 heavy (non-hydrogen) atoms. The molecule has 0 saturated heterocycles. The molecule has 0 aliphatic carbocycles. The molecule has 2 nitrogen and oxygen atoms in total. The molecule has 0 aromatic carbocycles. The van der Waals surface area contributed by atoms with Gasteiger partial charge in [0.15, 0.2) is 0 Å². The van der Waals surface area contributed by atoms with Gasteiger partial charge in [0.2, 0.25) is 0 Å². The molecule has 0 rings (SSSR count). The van der Waals surface area contributed by atoms with Crippen LogP contribution in [0.15, 0.2) is 23.3 Å². The van der Waals surface area contributed by atoms with E-state index < -0.39 is 0 Å². The van der Waals surface area contributed by atoms with Crippen LogP contribution in [-0.4, -0.2) is 13.1 Å². The number of carbonyl (C=O) groups excluding carboxylic acids is 1. The highest BCUT2D eigenvalue weighted by molar-refractivity contribution is 5.72. The zero-order valence-corrected chi connectivity index (χ0v) is 12.0. The molecule has 0 fully saturated rings. The summed E-state index contributed by atoms with van der Waals surface area (Å²) in [5.41, 5.74) is 2.69. The molecule has 0 N–H and O–H groups in total. The summed E-state index contributed by atoms with van der Waals surface area (Å²) in [5.74, 6) is 0.0263. The van der Waals surface area contributed by atoms with Crippen molar-refractivity contribution in [3.63, 3.8) is 0 Å². The minimum absolute atomic E-state index is 0.0709. The number of allylic oxidation sites excluding steroid dienone is 4. The molecular weight excluding hydrogens is 212 g/mol. The van der Waals surface area contributed by atoms with Gasteiger partial charge in [-0.1, -0.05) is 37.1 Å². The van der Waals surface area contributed by atoms with E-state index in [-0.39, 0.29) is 17.8 Å². The van der Waals surface area contributed by atoms with E-state index in [1.165, 1.54) is 18.3 Å². The number of ether oxygens (including phenoxy) is 1. The van der Waals surface area contributed by atoms with Crippen LogP contribution < -0.4 is 0 Å². The van der Waals surface area contributed by atoms with Gasteiger partial charge in [0.05, 0.1) is 13.0 Å². The van der Waals surface area contributed by atoms with Crippen molar-refractivity contribution in [3.8, 4) is 0 Å². The van der Waals surface area contributed by atoms with Crippen molar-refractivity contribution in [1.82, 2.24) is 0 Å². The number of methoxy groups -OCH3 is 1. The van der Waals surface area contributed by atoms with Crippen LogP contribution in [0, 0.1) is 11.8 Å². The summed E-state index contributed by atoms with van der Waals surface area (Å²) >= 11 is 0.